The number of nitrogens with one attached hydrogen (secondary N) is 1. The minimum atomic E-state index is 0.0135. The van der Waals surface area contributed by atoms with Crippen LogP contribution in [0.25, 0.3) is 0 Å². The lowest BCUT2D eigenvalue weighted by molar-refractivity contribution is -0.129. The Morgan fingerprint density at radius 3 is 2.41 bits per heavy atom. The predicted octanol–water partition coefficient (Wildman–Crippen LogP) is 1.73. The minimum absolute atomic E-state index is 0.0135. The first-order valence-corrected chi connectivity index (χ1v) is 7.72. The molecule has 0 spiro atoms. The van der Waals surface area contributed by atoms with Gasteiger partial charge in [-0.3, -0.25) is 9.59 Å². The topological polar surface area (TPSA) is 65.5 Å². The maximum Gasteiger partial charge on any atom is 0.224 e. The second-order valence-electron chi connectivity index (χ2n) is 6.04. The van der Waals surface area contributed by atoms with Crippen LogP contribution >= 0.6 is 0 Å². The molecule has 0 atom stereocenters. The average Bonchev–Trinajstić information content (AvgIpc) is 2.47. The molecule has 6 heteroatoms. The molecule has 1 N–H and O–H groups in total. The molecule has 0 aromatic carbocycles. The summed E-state index contributed by atoms with van der Waals surface area (Å²) >= 11 is 0. The van der Waals surface area contributed by atoms with Crippen molar-refractivity contribution in [3.05, 3.63) is 18.3 Å². The first-order chi connectivity index (χ1) is 10.5. The molecule has 1 saturated heterocycles. The van der Waals surface area contributed by atoms with E-state index in [1.165, 1.54) is 0 Å². The first-order valence-electron chi connectivity index (χ1n) is 7.72. The molecule has 6 nitrogen and oxygen atoms in total. The van der Waals surface area contributed by atoms with Gasteiger partial charge in [-0.25, -0.2) is 4.98 Å². The Morgan fingerprint density at radius 2 is 1.91 bits per heavy atom. The number of hydrogen-bond acceptors (Lipinski definition) is 4. The van der Waals surface area contributed by atoms with Gasteiger partial charge in [0.05, 0.1) is 11.9 Å². The number of amides is 2. The number of anilines is 2. The van der Waals surface area contributed by atoms with E-state index in [-0.39, 0.29) is 11.8 Å². The fraction of sp³-hybridized carbons (Fsp3) is 0.562. The molecule has 1 aromatic rings. The molecule has 0 radical (unpaired) electrons. The van der Waals surface area contributed by atoms with E-state index in [2.05, 4.69) is 15.2 Å². The molecular weight excluding hydrogens is 280 g/mol. The van der Waals surface area contributed by atoms with Crippen molar-refractivity contribution in [2.45, 2.75) is 27.2 Å². The second-order valence-corrected chi connectivity index (χ2v) is 6.04. The highest BCUT2D eigenvalue weighted by atomic mass is 16.2. The summed E-state index contributed by atoms with van der Waals surface area (Å²) in [5.41, 5.74) is 0.719. The van der Waals surface area contributed by atoms with Crippen LogP contribution in [0.5, 0.6) is 0 Å². The number of aromatic nitrogens is 1. The van der Waals surface area contributed by atoms with E-state index in [0.29, 0.717) is 12.3 Å². The molecule has 1 aromatic heterocycles. The SMILES string of the molecule is CC(=O)N1CCN(c2ccc(NC(=O)CC(C)C)cn2)CC1. The van der Waals surface area contributed by atoms with Gasteiger partial charge < -0.3 is 15.1 Å². The van der Waals surface area contributed by atoms with Crippen molar-refractivity contribution in [1.29, 1.82) is 0 Å². The van der Waals surface area contributed by atoms with Crippen LogP contribution < -0.4 is 10.2 Å². The molecule has 22 heavy (non-hydrogen) atoms. The van der Waals surface area contributed by atoms with Crippen molar-refractivity contribution in [2.75, 3.05) is 36.4 Å². The Hall–Kier alpha value is -2.11. The largest absolute Gasteiger partial charge is 0.353 e. The lowest BCUT2D eigenvalue weighted by Crippen LogP contribution is -2.48. The highest BCUT2D eigenvalue weighted by molar-refractivity contribution is 5.90. The minimum Gasteiger partial charge on any atom is -0.353 e. The van der Waals surface area contributed by atoms with Crippen LogP contribution in [0.4, 0.5) is 11.5 Å². The summed E-state index contributed by atoms with van der Waals surface area (Å²) in [5, 5.41) is 2.85. The third-order valence-corrected chi connectivity index (χ3v) is 3.67. The molecule has 2 rings (SSSR count). The smallest absolute Gasteiger partial charge is 0.224 e. The van der Waals surface area contributed by atoms with Gasteiger partial charge in [-0.1, -0.05) is 13.8 Å². The van der Waals surface area contributed by atoms with E-state index in [4.69, 9.17) is 0 Å². The number of rotatable bonds is 4. The predicted molar refractivity (Wildman–Crippen MR) is 86.8 cm³/mol. The molecule has 2 amide bonds. The zero-order chi connectivity index (χ0) is 16.1. The van der Waals surface area contributed by atoms with Crippen LogP contribution in [0.1, 0.15) is 27.2 Å². The van der Waals surface area contributed by atoms with Crippen molar-refractivity contribution < 1.29 is 9.59 Å². The summed E-state index contributed by atoms with van der Waals surface area (Å²) in [7, 11) is 0. The lowest BCUT2D eigenvalue weighted by Gasteiger charge is -2.34. The molecule has 120 valence electrons. The molecule has 2 heterocycles. The van der Waals surface area contributed by atoms with E-state index in [1.807, 2.05) is 30.9 Å². The Morgan fingerprint density at radius 1 is 1.23 bits per heavy atom. The Kier molecular flexibility index (Phi) is 5.35. The van der Waals surface area contributed by atoms with Gasteiger partial charge in [-0.05, 0) is 18.1 Å². The lowest BCUT2D eigenvalue weighted by atomic mass is 10.1. The fourth-order valence-electron chi connectivity index (χ4n) is 2.48. The molecule has 0 saturated carbocycles. The van der Waals surface area contributed by atoms with Gasteiger partial charge in [0, 0.05) is 39.5 Å². The number of pyridine rings is 1. The number of hydrogen-bond donors (Lipinski definition) is 1. The van der Waals surface area contributed by atoms with E-state index >= 15 is 0 Å². The Balaban J connectivity index is 1.90. The molecule has 0 unspecified atom stereocenters. The van der Waals surface area contributed by atoms with Gasteiger partial charge in [0.25, 0.3) is 0 Å². The molecular formula is C16H24N4O2. The fourth-order valence-corrected chi connectivity index (χ4v) is 2.48. The molecule has 1 aliphatic rings. The number of carbonyl (C=O) groups is 2. The Bertz CT molecular complexity index is 519. The maximum atomic E-state index is 11.7. The van der Waals surface area contributed by atoms with Crippen LogP contribution in [-0.4, -0.2) is 47.9 Å². The van der Waals surface area contributed by atoms with E-state index < -0.39 is 0 Å². The van der Waals surface area contributed by atoms with Crippen LogP contribution in [0, 0.1) is 5.92 Å². The van der Waals surface area contributed by atoms with Gasteiger partial charge in [0.2, 0.25) is 11.8 Å². The summed E-state index contributed by atoms with van der Waals surface area (Å²) in [6.07, 6.45) is 2.19. The summed E-state index contributed by atoms with van der Waals surface area (Å²) < 4.78 is 0. The van der Waals surface area contributed by atoms with Crippen molar-refractivity contribution in [1.82, 2.24) is 9.88 Å². The highest BCUT2D eigenvalue weighted by Crippen LogP contribution is 2.16. The standard InChI is InChI=1S/C16H24N4O2/c1-12(2)10-16(22)18-14-4-5-15(17-11-14)20-8-6-19(7-9-20)13(3)21/h4-5,11-12H,6-10H2,1-3H3,(H,18,22). The van der Waals surface area contributed by atoms with Crippen LogP contribution in [-0.2, 0) is 9.59 Å². The van der Waals surface area contributed by atoms with Gasteiger partial charge in [0.1, 0.15) is 5.82 Å². The highest BCUT2D eigenvalue weighted by Gasteiger charge is 2.19. The summed E-state index contributed by atoms with van der Waals surface area (Å²) in [5.74, 6) is 1.35. The monoisotopic (exact) mass is 304 g/mol. The zero-order valence-corrected chi connectivity index (χ0v) is 13.5. The van der Waals surface area contributed by atoms with E-state index in [9.17, 15) is 9.59 Å². The number of carbonyl (C=O) groups excluding carboxylic acids is 2. The molecule has 1 aliphatic heterocycles. The van der Waals surface area contributed by atoms with Crippen LogP contribution in [0.15, 0.2) is 18.3 Å². The summed E-state index contributed by atoms with van der Waals surface area (Å²) in [4.78, 5) is 31.4. The second kappa shape index (κ2) is 7.24. The van der Waals surface area contributed by atoms with E-state index in [0.717, 1.165) is 37.7 Å². The zero-order valence-electron chi connectivity index (χ0n) is 13.5. The summed E-state index contributed by atoms with van der Waals surface area (Å²) in [6.45, 7) is 8.65. The summed E-state index contributed by atoms with van der Waals surface area (Å²) in [6, 6.07) is 3.78. The first kappa shape index (κ1) is 16.3. The molecule has 1 fully saturated rings. The molecule has 0 aliphatic carbocycles. The maximum absolute atomic E-state index is 11.7. The number of nitrogens with zero attached hydrogens (tertiary/aromatic N) is 3. The third-order valence-electron chi connectivity index (χ3n) is 3.67. The van der Waals surface area contributed by atoms with Crippen molar-refractivity contribution in [2.24, 2.45) is 5.92 Å². The quantitative estimate of drug-likeness (QED) is 0.920. The number of piperazine rings is 1. The molecule has 0 bridgehead atoms. The van der Waals surface area contributed by atoms with E-state index in [1.54, 1.807) is 13.1 Å². The van der Waals surface area contributed by atoms with Crippen LogP contribution in [0.3, 0.4) is 0 Å². The average molecular weight is 304 g/mol. The van der Waals surface area contributed by atoms with Gasteiger partial charge >= 0.3 is 0 Å². The van der Waals surface area contributed by atoms with Crippen molar-refractivity contribution in [3.8, 4) is 0 Å². The Labute approximate surface area is 131 Å². The van der Waals surface area contributed by atoms with Gasteiger partial charge in [-0.2, -0.15) is 0 Å². The normalized spacial score (nSPS) is 15.1. The van der Waals surface area contributed by atoms with Crippen molar-refractivity contribution in [3.63, 3.8) is 0 Å². The van der Waals surface area contributed by atoms with Gasteiger partial charge in [-0.15, -0.1) is 0 Å². The van der Waals surface area contributed by atoms with Gasteiger partial charge in [0.15, 0.2) is 0 Å². The third kappa shape index (κ3) is 4.44. The van der Waals surface area contributed by atoms with Crippen molar-refractivity contribution >= 4 is 23.3 Å². The van der Waals surface area contributed by atoms with Crippen LogP contribution in [0.2, 0.25) is 0 Å².